The maximum absolute atomic E-state index is 13.2. The predicted molar refractivity (Wildman–Crippen MR) is 309 cm³/mol. The molecule has 8 aromatic rings. The van der Waals surface area contributed by atoms with E-state index in [2.05, 4.69) is 67.5 Å². The normalized spacial score (nSPS) is 11.6. The summed E-state index contributed by atoms with van der Waals surface area (Å²) in [6.45, 7) is 21.5. The van der Waals surface area contributed by atoms with Crippen LogP contribution < -0.4 is 23.7 Å². The van der Waals surface area contributed by atoms with Crippen LogP contribution >= 0.6 is 0 Å². The lowest BCUT2D eigenvalue weighted by Gasteiger charge is -2.27. The number of ketones is 2. The van der Waals surface area contributed by atoms with Gasteiger partial charge < -0.3 is 23.7 Å². The van der Waals surface area contributed by atoms with Gasteiger partial charge in [-0.3, -0.25) is 19.2 Å². The van der Waals surface area contributed by atoms with Crippen molar-refractivity contribution in [3.05, 3.63) is 249 Å². The molecule has 8 rings (SSSR count). The molecule has 0 saturated carbocycles. The third-order valence-corrected chi connectivity index (χ3v) is 14.9. The first-order valence-electron chi connectivity index (χ1n) is 26.0. The maximum Gasteiger partial charge on any atom is 0.308 e. The SMILES string of the molecule is COc1ccc(C(C)(C)c2ccc(C(=O)c3ccc(C(C)(C)c4ccc(OC(C)=O)cc4)cc3)cc2)cc1.COc1ccc(C(C)(C)c2ccc(Oc3ccc(C(C)(C)c4ccc(OC(C)=O)cc4)cc3)c(C(C)=O)c2)cc1. The van der Waals surface area contributed by atoms with Crippen molar-refractivity contribution < 1.29 is 42.9 Å². The lowest BCUT2D eigenvalue weighted by molar-refractivity contribution is -0.132. The molecule has 9 nitrogen and oxygen atoms in total. The number of carbonyl (C=O) groups is 4. The molecule has 0 unspecified atom stereocenters. The lowest BCUT2D eigenvalue weighted by atomic mass is 9.77. The van der Waals surface area contributed by atoms with E-state index in [0.717, 1.165) is 50.4 Å². The molecule has 0 spiro atoms. The van der Waals surface area contributed by atoms with Crippen LogP contribution in [0.1, 0.15) is 147 Å². The molecule has 0 amide bonds. The van der Waals surface area contributed by atoms with Crippen molar-refractivity contribution >= 4 is 23.5 Å². The van der Waals surface area contributed by atoms with Crippen LogP contribution in [0.2, 0.25) is 0 Å². The minimum Gasteiger partial charge on any atom is -0.497 e. The van der Waals surface area contributed by atoms with Gasteiger partial charge in [-0.1, -0.05) is 171 Å². The van der Waals surface area contributed by atoms with Gasteiger partial charge in [0, 0.05) is 46.6 Å². The van der Waals surface area contributed by atoms with Gasteiger partial charge in [0.25, 0.3) is 0 Å². The van der Waals surface area contributed by atoms with E-state index in [9.17, 15) is 19.2 Å². The predicted octanol–water partition coefficient (Wildman–Crippen LogP) is 15.8. The van der Waals surface area contributed by atoms with Gasteiger partial charge in [-0.25, -0.2) is 0 Å². The van der Waals surface area contributed by atoms with Crippen LogP contribution in [0, 0.1) is 0 Å². The number of hydrogen-bond acceptors (Lipinski definition) is 9. The molecule has 8 aromatic carbocycles. The monoisotopic (exact) mass is 1040 g/mol. The summed E-state index contributed by atoms with van der Waals surface area (Å²) < 4.78 is 27.1. The van der Waals surface area contributed by atoms with Crippen LogP contribution in [0.25, 0.3) is 0 Å². The molecule has 0 radical (unpaired) electrons. The molecule has 0 N–H and O–H groups in total. The van der Waals surface area contributed by atoms with E-state index in [1.165, 1.54) is 19.4 Å². The lowest BCUT2D eigenvalue weighted by Crippen LogP contribution is -2.19. The molecule has 78 heavy (non-hydrogen) atoms. The van der Waals surface area contributed by atoms with Gasteiger partial charge in [0.05, 0.1) is 19.8 Å². The highest BCUT2D eigenvalue weighted by Crippen LogP contribution is 2.39. The Hall–Kier alpha value is -8.56. The summed E-state index contributed by atoms with van der Waals surface area (Å²) in [5.41, 5.74) is 9.56. The van der Waals surface area contributed by atoms with E-state index >= 15 is 0 Å². The molecule has 0 fully saturated rings. The van der Waals surface area contributed by atoms with E-state index < -0.39 is 0 Å². The minimum atomic E-state index is -0.342. The summed E-state index contributed by atoms with van der Waals surface area (Å²) in [5, 5.41) is 0. The molecule has 400 valence electrons. The van der Waals surface area contributed by atoms with Crippen molar-refractivity contribution in [1.29, 1.82) is 0 Å². The summed E-state index contributed by atoms with van der Waals surface area (Å²) in [4.78, 5) is 48.3. The van der Waals surface area contributed by atoms with Crippen LogP contribution in [-0.4, -0.2) is 37.7 Å². The Labute approximate surface area is 460 Å². The number of benzene rings is 8. The average Bonchev–Trinajstić information content (AvgIpc) is 3.51. The largest absolute Gasteiger partial charge is 0.497 e. The summed E-state index contributed by atoms with van der Waals surface area (Å²) in [5.74, 6) is 3.11. The second-order valence-corrected chi connectivity index (χ2v) is 21.6. The number of rotatable bonds is 17. The summed E-state index contributed by atoms with van der Waals surface area (Å²) in [7, 11) is 3.32. The van der Waals surface area contributed by atoms with Crippen molar-refractivity contribution in [1.82, 2.24) is 0 Å². The van der Waals surface area contributed by atoms with Gasteiger partial charge in [-0.2, -0.15) is 0 Å². The van der Waals surface area contributed by atoms with E-state index in [4.69, 9.17) is 23.7 Å². The van der Waals surface area contributed by atoms with Crippen LogP contribution in [0.4, 0.5) is 0 Å². The van der Waals surface area contributed by atoms with E-state index in [-0.39, 0.29) is 45.2 Å². The Bertz CT molecular complexity index is 3370. The van der Waals surface area contributed by atoms with Gasteiger partial charge in [-0.05, 0) is 124 Å². The van der Waals surface area contributed by atoms with Crippen molar-refractivity contribution in [3.8, 4) is 34.5 Å². The number of methoxy groups -OCH3 is 2. The molecule has 9 heteroatoms. The fourth-order valence-electron chi connectivity index (χ4n) is 9.49. The first-order chi connectivity index (χ1) is 36.9. The van der Waals surface area contributed by atoms with Gasteiger partial charge in [-0.15, -0.1) is 0 Å². The van der Waals surface area contributed by atoms with Crippen LogP contribution in [-0.2, 0) is 31.2 Å². The topological polar surface area (TPSA) is 114 Å². The summed E-state index contributed by atoms with van der Waals surface area (Å²) >= 11 is 0. The third-order valence-electron chi connectivity index (χ3n) is 14.9. The molecular weight excluding hydrogens is 973 g/mol. The Morgan fingerprint density at radius 1 is 0.321 bits per heavy atom. The number of hydrogen-bond donors (Lipinski definition) is 0. The van der Waals surface area contributed by atoms with Gasteiger partial charge in [0.2, 0.25) is 0 Å². The Kier molecular flexibility index (Phi) is 17.4. The quantitative estimate of drug-likeness (QED) is 0.0499. The average molecular weight is 1040 g/mol. The molecule has 0 heterocycles. The number of esters is 2. The highest BCUT2D eigenvalue weighted by atomic mass is 16.5. The molecule has 0 aliphatic carbocycles. The van der Waals surface area contributed by atoms with E-state index in [0.29, 0.717) is 39.7 Å². The van der Waals surface area contributed by atoms with Crippen LogP contribution in [0.3, 0.4) is 0 Å². The molecule has 0 aliphatic rings. The first kappa shape index (κ1) is 57.2. The minimum absolute atomic E-state index is 0.00565. The highest BCUT2D eigenvalue weighted by molar-refractivity contribution is 6.09. The van der Waals surface area contributed by atoms with Crippen molar-refractivity contribution in [3.63, 3.8) is 0 Å². The standard InChI is InChI=1S/C35H36O5.C34H34O4/c1-23(36)32-22-28(35(5,6)27-8-15-29(38-7)16-9-27)14-21-33(32)40-31-19-12-26(13-20-31)34(3,4)25-10-17-30(18-11-25)39-24(2)37;1-23(35)38-31-21-17-29(18-22-31)34(4,5)27-13-9-25(10-14-27)32(36)24-7-11-26(12-8-24)33(2,3)28-15-19-30(37-6)20-16-28/h8-22H,1-7H3;7-22H,1-6H3. The Balaban J connectivity index is 0.000000226. The van der Waals surface area contributed by atoms with Crippen molar-refractivity contribution in [2.24, 2.45) is 0 Å². The number of Topliss-reactive ketones (excluding diaryl/α,β-unsaturated/α-hetero) is 1. The Morgan fingerprint density at radius 3 is 0.859 bits per heavy atom. The van der Waals surface area contributed by atoms with Crippen molar-refractivity contribution in [2.45, 2.75) is 97.8 Å². The van der Waals surface area contributed by atoms with E-state index in [1.807, 2.05) is 152 Å². The third kappa shape index (κ3) is 13.2. The maximum atomic E-state index is 13.2. The van der Waals surface area contributed by atoms with Crippen LogP contribution in [0.5, 0.6) is 34.5 Å². The fourth-order valence-corrected chi connectivity index (χ4v) is 9.49. The fraction of sp³-hybridized carbons (Fsp3) is 0.246. The van der Waals surface area contributed by atoms with Crippen LogP contribution in [0.15, 0.2) is 188 Å². The number of ether oxygens (including phenoxy) is 5. The van der Waals surface area contributed by atoms with Gasteiger partial charge in [0.1, 0.15) is 34.5 Å². The van der Waals surface area contributed by atoms with Crippen molar-refractivity contribution in [2.75, 3.05) is 14.2 Å². The molecule has 0 aromatic heterocycles. The molecule has 0 saturated heterocycles. The second-order valence-electron chi connectivity index (χ2n) is 21.6. The molecule has 0 atom stereocenters. The van der Waals surface area contributed by atoms with Gasteiger partial charge in [0.15, 0.2) is 11.6 Å². The van der Waals surface area contributed by atoms with E-state index in [1.54, 1.807) is 45.4 Å². The molecular formula is C69H70O9. The Morgan fingerprint density at radius 2 is 0.577 bits per heavy atom. The highest BCUT2D eigenvalue weighted by Gasteiger charge is 2.28. The molecule has 0 bridgehead atoms. The second kappa shape index (κ2) is 23.8. The first-order valence-corrected chi connectivity index (χ1v) is 26.0. The summed E-state index contributed by atoms with van der Waals surface area (Å²) in [6.07, 6.45) is 0. The zero-order valence-corrected chi connectivity index (χ0v) is 47.1. The summed E-state index contributed by atoms with van der Waals surface area (Å²) in [6, 6.07) is 60.6. The zero-order valence-electron chi connectivity index (χ0n) is 47.1. The smallest absolute Gasteiger partial charge is 0.308 e. The zero-order chi connectivity index (χ0) is 56.6. The molecule has 0 aliphatic heterocycles. The number of carbonyl (C=O) groups excluding carboxylic acids is 4. The van der Waals surface area contributed by atoms with Gasteiger partial charge >= 0.3 is 11.9 Å².